The number of aliphatic imine (C=N–C) groups is 1. The van der Waals surface area contributed by atoms with Gasteiger partial charge in [-0.15, -0.1) is 0 Å². The minimum absolute atomic E-state index is 0.602. The van der Waals surface area contributed by atoms with Gasteiger partial charge in [0.15, 0.2) is 5.96 Å². The van der Waals surface area contributed by atoms with Crippen LogP contribution in [0.2, 0.25) is 0 Å². The Morgan fingerprint density at radius 2 is 2.26 bits per heavy atom. The summed E-state index contributed by atoms with van der Waals surface area (Å²) in [4.78, 5) is 6.84. The Labute approximate surface area is 141 Å². The van der Waals surface area contributed by atoms with Crippen molar-refractivity contribution in [3.05, 3.63) is 0 Å². The third-order valence-electron chi connectivity index (χ3n) is 4.77. The van der Waals surface area contributed by atoms with Crippen LogP contribution in [0.25, 0.3) is 0 Å². The van der Waals surface area contributed by atoms with Crippen molar-refractivity contribution >= 4 is 5.96 Å². The lowest BCUT2D eigenvalue weighted by Gasteiger charge is -2.24. The van der Waals surface area contributed by atoms with Crippen LogP contribution in [0, 0.1) is 5.92 Å². The number of guanidine groups is 1. The van der Waals surface area contributed by atoms with Crippen molar-refractivity contribution in [2.24, 2.45) is 10.9 Å². The highest BCUT2D eigenvalue weighted by Crippen LogP contribution is 2.15. The highest BCUT2D eigenvalue weighted by Gasteiger charge is 2.22. The van der Waals surface area contributed by atoms with Gasteiger partial charge >= 0.3 is 0 Å². The lowest BCUT2D eigenvalue weighted by Crippen LogP contribution is -2.45. The van der Waals surface area contributed by atoms with Crippen LogP contribution < -0.4 is 10.6 Å². The summed E-state index contributed by atoms with van der Waals surface area (Å²) in [6, 6.07) is 0.649. The molecule has 0 radical (unpaired) electrons. The Hall–Kier alpha value is -0.850. The SMILES string of the molecule is CCN1CCCC1CNC(=NC)NCCCOCC1CCOC1. The van der Waals surface area contributed by atoms with E-state index < -0.39 is 0 Å². The fraction of sp³-hybridized carbons (Fsp3) is 0.941. The van der Waals surface area contributed by atoms with Crippen molar-refractivity contribution in [2.45, 2.75) is 38.6 Å². The standard InChI is InChI=1S/C17H34N4O2/c1-3-21-9-4-6-16(21)12-20-17(18-2)19-8-5-10-22-13-15-7-11-23-14-15/h15-16H,3-14H2,1-2H3,(H2,18,19,20). The molecule has 2 heterocycles. The third-order valence-corrected chi connectivity index (χ3v) is 4.77. The first kappa shape index (κ1) is 18.5. The van der Waals surface area contributed by atoms with Gasteiger partial charge in [-0.1, -0.05) is 6.92 Å². The molecule has 0 aliphatic carbocycles. The van der Waals surface area contributed by atoms with Gasteiger partial charge < -0.3 is 20.1 Å². The molecule has 0 bridgehead atoms. The summed E-state index contributed by atoms with van der Waals surface area (Å²) >= 11 is 0. The molecule has 0 amide bonds. The molecular formula is C17H34N4O2. The normalized spacial score (nSPS) is 25.9. The molecule has 134 valence electrons. The topological polar surface area (TPSA) is 58.1 Å². The summed E-state index contributed by atoms with van der Waals surface area (Å²) in [6.07, 6.45) is 4.75. The van der Waals surface area contributed by atoms with Crippen molar-refractivity contribution in [1.29, 1.82) is 0 Å². The number of rotatable bonds is 9. The molecule has 0 spiro atoms. The quantitative estimate of drug-likeness (QED) is 0.377. The van der Waals surface area contributed by atoms with E-state index >= 15 is 0 Å². The fourth-order valence-corrected chi connectivity index (χ4v) is 3.32. The van der Waals surface area contributed by atoms with Crippen LogP contribution in [0.15, 0.2) is 4.99 Å². The number of hydrogen-bond acceptors (Lipinski definition) is 4. The van der Waals surface area contributed by atoms with Gasteiger partial charge in [-0.3, -0.25) is 9.89 Å². The lowest BCUT2D eigenvalue weighted by atomic mass is 10.1. The maximum Gasteiger partial charge on any atom is 0.191 e. The highest BCUT2D eigenvalue weighted by molar-refractivity contribution is 5.79. The molecular weight excluding hydrogens is 292 g/mol. The molecule has 6 nitrogen and oxygen atoms in total. The molecule has 2 aliphatic rings. The summed E-state index contributed by atoms with van der Waals surface area (Å²) in [5.74, 6) is 1.50. The van der Waals surface area contributed by atoms with E-state index in [9.17, 15) is 0 Å². The Balaban J connectivity index is 1.49. The highest BCUT2D eigenvalue weighted by atomic mass is 16.5. The number of nitrogens with zero attached hydrogens (tertiary/aromatic N) is 2. The Morgan fingerprint density at radius 3 is 3.00 bits per heavy atom. The molecule has 2 saturated heterocycles. The van der Waals surface area contributed by atoms with Gasteiger partial charge in [0.05, 0.1) is 13.2 Å². The first-order chi connectivity index (χ1) is 11.3. The van der Waals surface area contributed by atoms with Crippen molar-refractivity contribution in [2.75, 3.05) is 59.7 Å². The number of likely N-dealkylation sites (N-methyl/N-ethyl adjacent to an activating group) is 1. The van der Waals surface area contributed by atoms with Gasteiger partial charge in [0, 0.05) is 45.3 Å². The van der Waals surface area contributed by atoms with Gasteiger partial charge in [-0.05, 0) is 38.8 Å². The maximum absolute atomic E-state index is 5.72. The van der Waals surface area contributed by atoms with Crippen molar-refractivity contribution in [1.82, 2.24) is 15.5 Å². The van der Waals surface area contributed by atoms with E-state index in [2.05, 4.69) is 27.4 Å². The van der Waals surface area contributed by atoms with Crippen molar-refractivity contribution in [3.8, 4) is 0 Å². The van der Waals surface area contributed by atoms with Crippen LogP contribution >= 0.6 is 0 Å². The second kappa shape index (κ2) is 10.8. The number of ether oxygens (including phenoxy) is 2. The molecule has 0 saturated carbocycles. The van der Waals surface area contributed by atoms with E-state index in [-0.39, 0.29) is 0 Å². The summed E-state index contributed by atoms with van der Waals surface area (Å²) in [6.45, 7) is 9.88. The number of hydrogen-bond donors (Lipinski definition) is 2. The van der Waals surface area contributed by atoms with E-state index in [1.807, 2.05) is 7.05 Å². The number of nitrogens with one attached hydrogen (secondary N) is 2. The minimum atomic E-state index is 0.602. The number of likely N-dealkylation sites (tertiary alicyclic amines) is 1. The second-order valence-electron chi connectivity index (χ2n) is 6.46. The summed E-state index contributed by atoms with van der Waals surface area (Å²) in [7, 11) is 1.83. The van der Waals surface area contributed by atoms with Crippen LogP contribution in [0.1, 0.15) is 32.6 Å². The van der Waals surface area contributed by atoms with Crippen molar-refractivity contribution in [3.63, 3.8) is 0 Å². The molecule has 2 atom stereocenters. The van der Waals surface area contributed by atoms with Crippen LogP contribution in [0.4, 0.5) is 0 Å². The molecule has 2 unspecified atom stereocenters. The molecule has 0 aromatic carbocycles. The molecule has 0 aromatic heterocycles. The van der Waals surface area contributed by atoms with E-state index in [0.717, 1.165) is 64.9 Å². The molecule has 23 heavy (non-hydrogen) atoms. The van der Waals surface area contributed by atoms with E-state index in [4.69, 9.17) is 9.47 Å². The van der Waals surface area contributed by atoms with Crippen LogP contribution in [-0.4, -0.2) is 76.6 Å². The summed E-state index contributed by atoms with van der Waals surface area (Å²) < 4.78 is 11.1. The second-order valence-corrected chi connectivity index (χ2v) is 6.46. The molecule has 0 aromatic rings. The van der Waals surface area contributed by atoms with Gasteiger partial charge in [-0.25, -0.2) is 0 Å². The molecule has 2 N–H and O–H groups in total. The molecule has 2 fully saturated rings. The first-order valence-corrected chi connectivity index (χ1v) is 9.17. The molecule has 2 rings (SSSR count). The predicted octanol–water partition coefficient (Wildman–Crippen LogP) is 1.08. The average Bonchev–Trinajstić information content (AvgIpc) is 3.24. The zero-order chi connectivity index (χ0) is 16.3. The van der Waals surface area contributed by atoms with Crippen LogP contribution in [-0.2, 0) is 9.47 Å². The molecule has 2 aliphatic heterocycles. The zero-order valence-corrected chi connectivity index (χ0v) is 14.9. The zero-order valence-electron chi connectivity index (χ0n) is 14.9. The van der Waals surface area contributed by atoms with E-state index in [1.165, 1.54) is 19.4 Å². The van der Waals surface area contributed by atoms with Crippen LogP contribution in [0.3, 0.4) is 0 Å². The Morgan fingerprint density at radius 1 is 1.35 bits per heavy atom. The van der Waals surface area contributed by atoms with E-state index in [1.54, 1.807) is 0 Å². The minimum Gasteiger partial charge on any atom is -0.381 e. The monoisotopic (exact) mass is 326 g/mol. The summed E-state index contributed by atoms with van der Waals surface area (Å²) in [5, 5.41) is 6.82. The molecule has 6 heteroatoms. The Bertz CT molecular complexity index is 345. The maximum atomic E-state index is 5.72. The van der Waals surface area contributed by atoms with Gasteiger partial charge in [0.25, 0.3) is 0 Å². The van der Waals surface area contributed by atoms with Gasteiger partial charge in [0.1, 0.15) is 0 Å². The third kappa shape index (κ3) is 6.65. The van der Waals surface area contributed by atoms with Crippen LogP contribution in [0.5, 0.6) is 0 Å². The smallest absolute Gasteiger partial charge is 0.191 e. The van der Waals surface area contributed by atoms with E-state index in [0.29, 0.717) is 12.0 Å². The first-order valence-electron chi connectivity index (χ1n) is 9.17. The average molecular weight is 326 g/mol. The predicted molar refractivity (Wildman–Crippen MR) is 94.0 cm³/mol. The fourth-order valence-electron chi connectivity index (χ4n) is 3.32. The summed E-state index contributed by atoms with van der Waals surface area (Å²) in [5.41, 5.74) is 0. The van der Waals surface area contributed by atoms with Gasteiger partial charge in [-0.2, -0.15) is 0 Å². The van der Waals surface area contributed by atoms with Gasteiger partial charge in [0.2, 0.25) is 0 Å². The lowest BCUT2D eigenvalue weighted by molar-refractivity contribution is 0.0888. The largest absolute Gasteiger partial charge is 0.381 e. The Kier molecular flexibility index (Phi) is 8.71. The van der Waals surface area contributed by atoms with Crippen molar-refractivity contribution < 1.29 is 9.47 Å².